The molecule has 4 nitrogen and oxygen atoms in total. The van der Waals surface area contributed by atoms with E-state index in [1.54, 1.807) is 0 Å². The topological polar surface area (TPSA) is 57.6 Å². The van der Waals surface area contributed by atoms with E-state index in [1.807, 2.05) is 0 Å². The standard InChI is InChI=1S/C10H7F2NO3/c11-5-3-6-8(7(12)4-5)13(1-2-14)10(16)9(6)15/h3-4,14H,1-2H2. The second kappa shape index (κ2) is 3.64. The molecule has 0 saturated heterocycles. The van der Waals surface area contributed by atoms with Gasteiger partial charge in [0, 0.05) is 12.6 Å². The van der Waals surface area contributed by atoms with Gasteiger partial charge in [-0.15, -0.1) is 0 Å². The second-order valence-corrected chi connectivity index (χ2v) is 3.29. The number of amides is 1. The van der Waals surface area contributed by atoms with Crippen molar-refractivity contribution in [3.8, 4) is 0 Å². The summed E-state index contributed by atoms with van der Waals surface area (Å²) in [6.45, 7) is -0.602. The first kappa shape index (κ1) is 10.7. The largest absolute Gasteiger partial charge is 0.395 e. The van der Waals surface area contributed by atoms with Crippen LogP contribution in [0.2, 0.25) is 0 Å². The van der Waals surface area contributed by atoms with Gasteiger partial charge in [0.25, 0.3) is 11.7 Å². The van der Waals surface area contributed by atoms with Crippen LogP contribution in [0.5, 0.6) is 0 Å². The van der Waals surface area contributed by atoms with Crippen LogP contribution in [-0.2, 0) is 4.79 Å². The summed E-state index contributed by atoms with van der Waals surface area (Å²) >= 11 is 0. The van der Waals surface area contributed by atoms with Crippen molar-refractivity contribution in [3.05, 3.63) is 29.3 Å². The highest BCUT2D eigenvalue weighted by Crippen LogP contribution is 2.32. The van der Waals surface area contributed by atoms with Gasteiger partial charge in [-0.1, -0.05) is 0 Å². The number of halogens is 2. The molecule has 0 spiro atoms. The van der Waals surface area contributed by atoms with Crippen molar-refractivity contribution in [2.24, 2.45) is 0 Å². The molecule has 1 aliphatic heterocycles. The fourth-order valence-corrected chi connectivity index (χ4v) is 1.67. The average molecular weight is 227 g/mol. The predicted molar refractivity (Wildman–Crippen MR) is 50.1 cm³/mol. The third-order valence-electron chi connectivity index (χ3n) is 2.31. The molecule has 0 bridgehead atoms. The number of carbonyl (C=O) groups is 2. The molecule has 1 aromatic rings. The van der Waals surface area contributed by atoms with E-state index >= 15 is 0 Å². The first-order valence-electron chi connectivity index (χ1n) is 4.52. The summed E-state index contributed by atoms with van der Waals surface area (Å²) in [6.07, 6.45) is 0. The third kappa shape index (κ3) is 1.38. The monoisotopic (exact) mass is 227 g/mol. The number of β-amino-alcohol motifs (C(OH)–C–C–N with tert-alkyl or cyclic N) is 1. The highest BCUT2D eigenvalue weighted by Gasteiger charge is 2.38. The number of hydrogen-bond acceptors (Lipinski definition) is 3. The number of benzene rings is 1. The van der Waals surface area contributed by atoms with Crippen LogP contribution in [0.1, 0.15) is 10.4 Å². The van der Waals surface area contributed by atoms with E-state index in [1.165, 1.54) is 0 Å². The van der Waals surface area contributed by atoms with Crippen LogP contribution in [0.3, 0.4) is 0 Å². The Morgan fingerprint density at radius 3 is 2.56 bits per heavy atom. The van der Waals surface area contributed by atoms with Gasteiger partial charge in [-0.2, -0.15) is 0 Å². The van der Waals surface area contributed by atoms with Crippen LogP contribution < -0.4 is 4.90 Å². The van der Waals surface area contributed by atoms with Crippen molar-refractivity contribution in [3.63, 3.8) is 0 Å². The maximum Gasteiger partial charge on any atom is 0.299 e. The fraction of sp³-hybridized carbons (Fsp3) is 0.200. The number of aliphatic hydroxyl groups is 1. The van der Waals surface area contributed by atoms with Crippen molar-refractivity contribution in [1.29, 1.82) is 0 Å². The van der Waals surface area contributed by atoms with Gasteiger partial charge in [0.05, 0.1) is 17.9 Å². The summed E-state index contributed by atoms with van der Waals surface area (Å²) in [6, 6.07) is 1.41. The summed E-state index contributed by atoms with van der Waals surface area (Å²) in [4.78, 5) is 23.6. The zero-order valence-electron chi connectivity index (χ0n) is 8.04. The number of ketones is 1. The molecule has 0 aliphatic carbocycles. The SMILES string of the molecule is O=C1C(=O)N(CCO)c2c(F)cc(F)cc21. The molecule has 84 valence electrons. The Labute approximate surface area is 89.1 Å². The summed E-state index contributed by atoms with van der Waals surface area (Å²) in [5.74, 6) is -3.80. The summed E-state index contributed by atoms with van der Waals surface area (Å²) in [5.41, 5.74) is -0.554. The number of hydrogen-bond donors (Lipinski definition) is 1. The van der Waals surface area contributed by atoms with Crippen molar-refractivity contribution >= 4 is 17.4 Å². The molecule has 0 saturated carbocycles. The molecule has 0 aromatic heterocycles. The van der Waals surface area contributed by atoms with E-state index in [9.17, 15) is 18.4 Å². The van der Waals surface area contributed by atoms with Crippen LogP contribution in [0.25, 0.3) is 0 Å². The molecule has 0 radical (unpaired) electrons. The molecule has 0 unspecified atom stereocenters. The lowest BCUT2D eigenvalue weighted by atomic mass is 10.1. The zero-order valence-corrected chi connectivity index (χ0v) is 8.04. The second-order valence-electron chi connectivity index (χ2n) is 3.29. The zero-order chi connectivity index (χ0) is 11.9. The molecule has 2 rings (SSSR count). The molecule has 1 heterocycles. The summed E-state index contributed by atoms with van der Waals surface area (Å²) in [7, 11) is 0. The quantitative estimate of drug-likeness (QED) is 0.748. The molecule has 1 N–H and O–H groups in total. The lowest BCUT2D eigenvalue weighted by Crippen LogP contribution is -2.32. The van der Waals surface area contributed by atoms with Crippen LogP contribution in [0, 0.1) is 11.6 Å². The number of Topliss-reactive ketones (excluding diaryl/α,β-unsaturated/α-hetero) is 1. The van der Waals surface area contributed by atoms with E-state index in [4.69, 9.17) is 5.11 Å². The van der Waals surface area contributed by atoms with Crippen LogP contribution in [0.4, 0.5) is 14.5 Å². The van der Waals surface area contributed by atoms with Crippen LogP contribution in [0.15, 0.2) is 12.1 Å². The smallest absolute Gasteiger partial charge is 0.299 e. The maximum absolute atomic E-state index is 13.4. The summed E-state index contributed by atoms with van der Waals surface area (Å²) < 4.78 is 26.3. The van der Waals surface area contributed by atoms with E-state index < -0.39 is 29.9 Å². The van der Waals surface area contributed by atoms with Crippen molar-refractivity contribution in [2.75, 3.05) is 18.1 Å². The molecule has 1 aliphatic rings. The van der Waals surface area contributed by atoms with Gasteiger partial charge in [0.1, 0.15) is 5.82 Å². The first-order chi connectivity index (χ1) is 7.56. The van der Waals surface area contributed by atoms with E-state index in [0.29, 0.717) is 6.07 Å². The van der Waals surface area contributed by atoms with Crippen molar-refractivity contribution in [1.82, 2.24) is 0 Å². The number of carbonyl (C=O) groups excluding carboxylic acids is 2. The van der Waals surface area contributed by atoms with E-state index in [2.05, 4.69) is 0 Å². The normalized spacial score (nSPS) is 14.6. The summed E-state index contributed by atoms with van der Waals surface area (Å²) in [5, 5.41) is 8.70. The van der Waals surface area contributed by atoms with Crippen molar-refractivity contribution in [2.45, 2.75) is 0 Å². The Morgan fingerprint density at radius 1 is 1.25 bits per heavy atom. The van der Waals surface area contributed by atoms with Gasteiger partial charge in [0.15, 0.2) is 5.82 Å². The Hall–Kier alpha value is -1.82. The van der Waals surface area contributed by atoms with E-state index in [0.717, 1.165) is 11.0 Å². The van der Waals surface area contributed by atoms with Gasteiger partial charge in [-0.25, -0.2) is 8.78 Å². The molecule has 0 atom stereocenters. The van der Waals surface area contributed by atoms with Gasteiger partial charge < -0.3 is 5.11 Å². The molecular formula is C10H7F2NO3. The Bertz CT molecular complexity index is 487. The van der Waals surface area contributed by atoms with Crippen LogP contribution in [-0.4, -0.2) is 29.9 Å². The fourth-order valence-electron chi connectivity index (χ4n) is 1.67. The van der Waals surface area contributed by atoms with Gasteiger partial charge >= 0.3 is 0 Å². The minimum atomic E-state index is -0.984. The number of nitrogens with zero attached hydrogens (tertiary/aromatic N) is 1. The number of fused-ring (bicyclic) bond motifs is 1. The minimum Gasteiger partial charge on any atom is -0.395 e. The lowest BCUT2D eigenvalue weighted by molar-refractivity contribution is -0.114. The Morgan fingerprint density at radius 2 is 1.94 bits per heavy atom. The van der Waals surface area contributed by atoms with Crippen molar-refractivity contribution < 1.29 is 23.5 Å². The van der Waals surface area contributed by atoms with E-state index in [-0.39, 0.29) is 17.8 Å². The average Bonchev–Trinajstić information content (AvgIpc) is 2.44. The molecule has 16 heavy (non-hydrogen) atoms. The molecule has 1 amide bonds. The highest BCUT2D eigenvalue weighted by molar-refractivity contribution is 6.52. The van der Waals surface area contributed by atoms with Gasteiger partial charge in [0.2, 0.25) is 0 Å². The maximum atomic E-state index is 13.4. The number of anilines is 1. The van der Waals surface area contributed by atoms with Crippen LogP contribution >= 0.6 is 0 Å². The highest BCUT2D eigenvalue weighted by atomic mass is 19.1. The predicted octanol–water partition coefficient (Wildman–Crippen LogP) is 0.486. The number of aliphatic hydroxyl groups excluding tert-OH is 1. The number of rotatable bonds is 2. The Balaban J connectivity index is 2.60. The molecule has 1 aromatic carbocycles. The molecule has 6 heteroatoms. The van der Waals surface area contributed by atoms with Gasteiger partial charge in [-0.05, 0) is 6.07 Å². The lowest BCUT2D eigenvalue weighted by Gasteiger charge is -2.14. The third-order valence-corrected chi connectivity index (χ3v) is 2.31. The molecule has 0 fully saturated rings. The minimum absolute atomic E-state index is 0.194. The first-order valence-corrected chi connectivity index (χ1v) is 4.52. The molecular weight excluding hydrogens is 220 g/mol. The Kier molecular flexibility index (Phi) is 2.43. The van der Waals surface area contributed by atoms with Gasteiger partial charge in [-0.3, -0.25) is 14.5 Å².